The van der Waals surface area contributed by atoms with Gasteiger partial charge in [0.25, 0.3) is 11.8 Å². The first-order valence-corrected chi connectivity index (χ1v) is 16.5. The number of rotatable bonds is 11. The molecule has 15 heteroatoms. The second-order valence-corrected chi connectivity index (χ2v) is 12.5. The molecule has 13 nitrogen and oxygen atoms in total. The van der Waals surface area contributed by atoms with Gasteiger partial charge >= 0.3 is 0 Å². The first kappa shape index (κ1) is 33.9. The predicted octanol–water partition coefficient (Wildman–Crippen LogP) is 3.14. The molecule has 2 aliphatic rings. The fraction of sp³-hybridized carbons (Fsp3) is 0.469. The van der Waals surface area contributed by atoms with Crippen molar-refractivity contribution in [1.82, 2.24) is 34.9 Å². The van der Waals surface area contributed by atoms with E-state index in [2.05, 4.69) is 37.2 Å². The van der Waals surface area contributed by atoms with Crippen LogP contribution in [0.15, 0.2) is 48.8 Å². The number of morpholine rings is 1. The molecule has 2 fully saturated rings. The van der Waals surface area contributed by atoms with Gasteiger partial charge in [0.05, 0.1) is 25.1 Å². The molecule has 3 atom stereocenters. The first-order chi connectivity index (χ1) is 22.7. The minimum atomic E-state index is -1.01. The van der Waals surface area contributed by atoms with Crippen molar-refractivity contribution in [3.05, 3.63) is 70.8 Å². The predicted molar refractivity (Wildman–Crippen MR) is 172 cm³/mol. The molecule has 250 valence electrons. The molecule has 3 N–H and O–H groups in total. The van der Waals surface area contributed by atoms with E-state index in [9.17, 15) is 19.2 Å². The van der Waals surface area contributed by atoms with Gasteiger partial charge in [-0.05, 0) is 73.8 Å². The van der Waals surface area contributed by atoms with Crippen molar-refractivity contribution in [3.8, 4) is 0 Å². The van der Waals surface area contributed by atoms with Crippen molar-refractivity contribution < 1.29 is 28.3 Å². The SMILES string of the molecule is C=C1CCC([C@H](NC(=O)c2ccnn2CC)C(=O)Nc2ccc([C@H](C)[C@@H](NC(=O)c3cnns3)C(=O)N3CCOCC3)cc2F)CC1. The minimum absolute atomic E-state index is 0.0696. The Morgan fingerprint density at radius 1 is 1.11 bits per heavy atom. The third-order valence-electron chi connectivity index (χ3n) is 8.76. The van der Waals surface area contributed by atoms with E-state index in [-0.39, 0.29) is 22.4 Å². The number of nitrogens with zero attached hydrogens (tertiary/aromatic N) is 5. The Morgan fingerprint density at radius 2 is 1.85 bits per heavy atom. The van der Waals surface area contributed by atoms with Crippen LogP contribution in [-0.4, -0.2) is 86.3 Å². The number of anilines is 1. The maximum absolute atomic E-state index is 15.7. The number of hydrogen-bond acceptors (Lipinski definition) is 9. The summed E-state index contributed by atoms with van der Waals surface area (Å²) < 4.78 is 26.3. The van der Waals surface area contributed by atoms with Crippen molar-refractivity contribution >= 4 is 40.8 Å². The fourth-order valence-electron chi connectivity index (χ4n) is 5.95. The highest BCUT2D eigenvalue weighted by atomic mass is 32.1. The Kier molecular flexibility index (Phi) is 11.1. The Bertz CT molecular complexity index is 1600. The van der Waals surface area contributed by atoms with Gasteiger partial charge in [0.2, 0.25) is 11.8 Å². The van der Waals surface area contributed by atoms with Crippen LogP contribution in [-0.2, 0) is 20.9 Å². The Hall–Kier alpha value is -4.50. The molecule has 1 saturated carbocycles. The van der Waals surface area contributed by atoms with Gasteiger partial charge in [0, 0.05) is 31.7 Å². The summed E-state index contributed by atoms with van der Waals surface area (Å²) in [6, 6.07) is 3.95. The number of hydrogen-bond donors (Lipinski definition) is 3. The maximum atomic E-state index is 15.7. The monoisotopic (exact) mass is 666 g/mol. The average molecular weight is 667 g/mol. The van der Waals surface area contributed by atoms with Crippen LogP contribution in [0.3, 0.4) is 0 Å². The summed E-state index contributed by atoms with van der Waals surface area (Å²) in [5.41, 5.74) is 1.80. The molecule has 1 aromatic carbocycles. The van der Waals surface area contributed by atoms with Crippen LogP contribution >= 0.6 is 11.5 Å². The van der Waals surface area contributed by atoms with Gasteiger partial charge in [0.15, 0.2) is 0 Å². The zero-order chi connectivity index (χ0) is 33.5. The molecule has 1 aliphatic heterocycles. The number of aryl methyl sites for hydroxylation is 1. The number of benzene rings is 1. The van der Waals surface area contributed by atoms with Crippen molar-refractivity contribution in [2.45, 2.75) is 64.1 Å². The second kappa shape index (κ2) is 15.4. The molecule has 1 aliphatic carbocycles. The van der Waals surface area contributed by atoms with Gasteiger partial charge in [-0.1, -0.05) is 29.6 Å². The molecular weight excluding hydrogens is 627 g/mol. The molecule has 4 amide bonds. The lowest BCUT2D eigenvalue weighted by molar-refractivity contribution is -0.137. The summed E-state index contributed by atoms with van der Waals surface area (Å²) >= 11 is 0.902. The Morgan fingerprint density at radius 3 is 2.51 bits per heavy atom. The van der Waals surface area contributed by atoms with Crippen LogP contribution in [0.5, 0.6) is 0 Å². The molecule has 47 heavy (non-hydrogen) atoms. The summed E-state index contributed by atoms with van der Waals surface area (Å²) in [4.78, 5) is 55.3. The van der Waals surface area contributed by atoms with Crippen molar-refractivity contribution in [3.63, 3.8) is 0 Å². The number of nitrogens with one attached hydrogen (secondary N) is 3. The molecule has 0 bridgehead atoms. The van der Waals surface area contributed by atoms with E-state index >= 15 is 4.39 Å². The van der Waals surface area contributed by atoms with E-state index in [1.807, 2.05) is 6.92 Å². The van der Waals surface area contributed by atoms with E-state index in [4.69, 9.17) is 4.74 Å². The van der Waals surface area contributed by atoms with Crippen LogP contribution in [0, 0.1) is 11.7 Å². The molecular formula is C32H39FN8O5S. The first-order valence-electron chi connectivity index (χ1n) is 15.7. The van der Waals surface area contributed by atoms with Crippen molar-refractivity contribution in [1.29, 1.82) is 0 Å². The second-order valence-electron chi connectivity index (χ2n) is 11.8. The number of amides is 4. The van der Waals surface area contributed by atoms with Crippen molar-refractivity contribution in [2.24, 2.45) is 5.92 Å². The Balaban J connectivity index is 1.34. The molecule has 0 radical (unpaired) electrons. The quantitative estimate of drug-likeness (QED) is 0.263. The summed E-state index contributed by atoms with van der Waals surface area (Å²) in [6.07, 6.45) is 5.63. The molecule has 3 heterocycles. The zero-order valence-corrected chi connectivity index (χ0v) is 27.2. The zero-order valence-electron chi connectivity index (χ0n) is 26.4. The van der Waals surface area contributed by atoms with Gasteiger partial charge in [-0.25, -0.2) is 4.39 Å². The third-order valence-corrected chi connectivity index (χ3v) is 9.43. The largest absolute Gasteiger partial charge is 0.378 e. The minimum Gasteiger partial charge on any atom is -0.378 e. The van der Waals surface area contributed by atoms with E-state index in [0.717, 1.165) is 29.9 Å². The molecule has 5 rings (SSSR count). The highest BCUT2D eigenvalue weighted by Gasteiger charge is 2.35. The lowest BCUT2D eigenvalue weighted by Gasteiger charge is -2.33. The van der Waals surface area contributed by atoms with Crippen LogP contribution in [0.1, 0.15) is 71.2 Å². The summed E-state index contributed by atoms with van der Waals surface area (Å²) in [5, 5.41) is 16.2. The van der Waals surface area contributed by atoms with Crippen LogP contribution in [0.25, 0.3) is 0 Å². The smallest absolute Gasteiger partial charge is 0.270 e. The third kappa shape index (κ3) is 8.08. The number of allylic oxidation sites excluding steroid dienone is 1. The summed E-state index contributed by atoms with van der Waals surface area (Å²) in [7, 11) is 0. The number of halogens is 1. The average Bonchev–Trinajstić information content (AvgIpc) is 3.80. The number of aromatic nitrogens is 4. The van der Waals surface area contributed by atoms with Gasteiger partial charge in [-0.15, -0.1) is 5.10 Å². The number of ether oxygens (including phenoxy) is 1. The van der Waals surface area contributed by atoms with Crippen LogP contribution < -0.4 is 16.0 Å². The highest BCUT2D eigenvalue weighted by molar-refractivity contribution is 7.07. The lowest BCUT2D eigenvalue weighted by atomic mass is 9.81. The van der Waals surface area contributed by atoms with Crippen LogP contribution in [0.4, 0.5) is 10.1 Å². The fourth-order valence-corrected chi connectivity index (χ4v) is 6.37. The van der Waals surface area contributed by atoms with Gasteiger partial charge < -0.3 is 25.6 Å². The number of carbonyl (C=O) groups is 4. The summed E-state index contributed by atoms with van der Waals surface area (Å²) in [6.45, 7) is 9.61. The van der Waals surface area contributed by atoms with E-state index in [1.165, 1.54) is 24.5 Å². The van der Waals surface area contributed by atoms with Gasteiger partial charge in [0.1, 0.15) is 28.5 Å². The maximum Gasteiger partial charge on any atom is 0.270 e. The molecule has 0 unspecified atom stereocenters. The van der Waals surface area contributed by atoms with E-state index < -0.39 is 41.5 Å². The normalized spacial score (nSPS) is 17.4. The standard InChI is InChI=1S/C32H39FN8O5S/c1-4-41-25(11-12-35-41)29(42)38-28(21-7-5-19(2)6-8-21)31(44)36-24-10-9-22(17-23(24)33)20(3)27(32(45)40-13-15-46-16-14-40)37-30(43)26-18-34-39-47-26/h9-12,17-18,20-21,27-28H,2,4-8,13-16H2,1,3H3,(H,36,44)(H,37,43)(H,38,42)/t20-,27+,28-/m0/s1. The molecule has 1 saturated heterocycles. The topological polar surface area (TPSA) is 160 Å². The molecule has 0 spiro atoms. The highest BCUT2D eigenvalue weighted by Crippen LogP contribution is 2.31. The molecule has 2 aromatic heterocycles. The van der Waals surface area contributed by atoms with Gasteiger partial charge in [-0.3, -0.25) is 23.9 Å². The van der Waals surface area contributed by atoms with Gasteiger partial charge in [-0.2, -0.15) is 5.10 Å². The number of carbonyl (C=O) groups excluding carboxylic acids is 4. The van der Waals surface area contributed by atoms with Crippen molar-refractivity contribution in [2.75, 3.05) is 31.6 Å². The Labute approximate surface area is 276 Å². The van der Waals surface area contributed by atoms with E-state index in [0.29, 0.717) is 56.9 Å². The molecule has 3 aromatic rings. The summed E-state index contributed by atoms with van der Waals surface area (Å²) in [5.74, 6) is -3.33. The van der Waals surface area contributed by atoms with Crippen LogP contribution in [0.2, 0.25) is 0 Å². The van der Waals surface area contributed by atoms with E-state index in [1.54, 1.807) is 28.6 Å². The lowest BCUT2D eigenvalue weighted by Crippen LogP contribution is -2.53.